The molecule has 0 radical (unpaired) electrons. The van der Waals surface area contributed by atoms with E-state index in [0.29, 0.717) is 23.6 Å². The molecule has 2 saturated heterocycles. The lowest BCUT2D eigenvalue weighted by molar-refractivity contribution is -0.384. The molecule has 3 aliphatic rings. The van der Waals surface area contributed by atoms with E-state index in [0.717, 1.165) is 23.4 Å². The second kappa shape index (κ2) is 7.30. The number of rotatable bonds is 2. The SMILES string of the molecule is O=C1NC(=O)[C@]2(Cc3cc([N+](=O)[O-])ccc3N3CCCC[C@H]32)C(=O)N1c1cccc(Cl)c1. The number of nitrogens with one attached hydrogen (secondary N) is 1. The van der Waals surface area contributed by atoms with Crippen LogP contribution in [0.3, 0.4) is 0 Å². The lowest BCUT2D eigenvalue weighted by atomic mass is 9.66. The molecule has 3 heterocycles. The van der Waals surface area contributed by atoms with Gasteiger partial charge in [0.2, 0.25) is 5.91 Å². The summed E-state index contributed by atoms with van der Waals surface area (Å²) >= 11 is 6.08. The van der Waals surface area contributed by atoms with E-state index in [2.05, 4.69) is 5.32 Å². The number of hydrogen-bond acceptors (Lipinski definition) is 6. The largest absolute Gasteiger partial charge is 0.367 e. The van der Waals surface area contributed by atoms with Crippen molar-refractivity contribution in [3.63, 3.8) is 0 Å². The number of nitrogens with zero attached hydrogens (tertiary/aromatic N) is 3. The molecule has 0 aliphatic carbocycles. The lowest BCUT2D eigenvalue weighted by Crippen LogP contribution is -2.72. The molecular weight excluding hydrogens is 436 g/mol. The van der Waals surface area contributed by atoms with Crippen molar-refractivity contribution < 1.29 is 19.3 Å². The Morgan fingerprint density at radius 3 is 2.69 bits per heavy atom. The highest BCUT2D eigenvalue weighted by Crippen LogP contribution is 2.48. The van der Waals surface area contributed by atoms with Crippen molar-refractivity contribution in [1.29, 1.82) is 0 Å². The van der Waals surface area contributed by atoms with Crippen LogP contribution < -0.4 is 15.1 Å². The van der Waals surface area contributed by atoms with Gasteiger partial charge in [0.25, 0.3) is 11.6 Å². The zero-order valence-corrected chi connectivity index (χ0v) is 17.7. The summed E-state index contributed by atoms with van der Waals surface area (Å²) in [6.45, 7) is 0.614. The summed E-state index contributed by atoms with van der Waals surface area (Å²) in [6.07, 6.45) is 2.26. The normalized spacial score (nSPS) is 24.8. The highest BCUT2D eigenvalue weighted by Gasteiger charge is 2.62. The van der Waals surface area contributed by atoms with Gasteiger partial charge in [-0.05, 0) is 49.1 Å². The number of piperidine rings is 1. The lowest BCUT2D eigenvalue weighted by Gasteiger charge is -2.53. The number of imide groups is 2. The summed E-state index contributed by atoms with van der Waals surface area (Å²) in [6, 6.07) is 9.55. The first-order chi connectivity index (χ1) is 15.3. The summed E-state index contributed by atoms with van der Waals surface area (Å²) in [5.74, 6) is -1.30. The first-order valence-electron chi connectivity index (χ1n) is 10.3. The van der Waals surface area contributed by atoms with Gasteiger partial charge in [0, 0.05) is 35.8 Å². The molecule has 2 atom stereocenters. The van der Waals surface area contributed by atoms with Crippen LogP contribution in [-0.2, 0) is 16.0 Å². The van der Waals surface area contributed by atoms with Crippen LogP contribution in [0.2, 0.25) is 5.02 Å². The van der Waals surface area contributed by atoms with Crippen molar-refractivity contribution in [2.24, 2.45) is 5.41 Å². The van der Waals surface area contributed by atoms with E-state index in [4.69, 9.17) is 11.6 Å². The number of nitro groups is 1. The van der Waals surface area contributed by atoms with Crippen LogP contribution in [0, 0.1) is 15.5 Å². The Morgan fingerprint density at radius 1 is 1.12 bits per heavy atom. The molecule has 2 aromatic rings. The third-order valence-electron chi connectivity index (χ3n) is 6.60. The van der Waals surface area contributed by atoms with Gasteiger partial charge in [-0.2, -0.15) is 0 Å². The fourth-order valence-electron chi connectivity index (χ4n) is 5.21. The van der Waals surface area contributed by atoms with Gasteiger partial charge < -0.3 is 4.90 Å². The Labute approximate surface area is 188 Å². The number of non-ortho nitro benzene ring substituents is 1. The van der Waals surface area contributed by atoms with Crippen LogP contribution in [0.25, 0.3) is 0 Å². The maximum Gasteiger partial charge on any atom is 0.335 e. The molecule has 3 aliphatic heterocycles. The third-order valence-corrected chi connectivity index (χ3v) is 6.84. The molecule has 4 amide bonds. The molecule has 1 spiro atoms. The quantitative estimate of drug-likeness (QED) is 0.422. The van der Waals surface area contributed by atoms with Crippen molar-refractivity contribution in [1.82, 2.24) is 5.32 Å². The van der Waals surface area contributed by atoms with Crippen molar-refractivity contribution >= 4 is 46.5 Å². The number of benzene rings is 2. The highest BCUT2D eigenvalue weighted by molar-refractivity contribution is 6.33. The smallest absolute Gasteiger partial charge is 0.335 e. The van der Waals surface area contributed by atoms with Crippen LogP contribution in [0.1, 0.15) is 24.8 Å². The van der Waals surface area contributed by atoms with E-state index < -0.39 is 34.2 Å². The molecule has 5 rings (SSSR count). The summed E-state index contributed by atoms with van der Waals surface area (Å²) in [5, 5.41) is 14.1. The Morgan fingerprint density at radius 2 is 1.94 bits per heavy atom. The molecule has 1 N–H and O–H groups in total. The standard InChI is InChI=1S/C22H19ClN4O5/c23-14-4-3-5-15(11-14)26-20(29)22(19(28)24-21(26)30)12-13-10-16(27(31)32)7-8-17(13)25-9-2-1-6-18(22)25/h3-5,7-8,10-11,18H,1-2,6,9,12H2,(H,24,28,30)/t18-,22+/m0/s1. The molecule has 164 valence electrons. The fourth-order valence-corrected chi connectivity index (χ4v) is 5.40. The number of hydrogen-bond donors (Lipinski definition) is 1. The van der Waals surface area contributed by atoms with E-state index >= 15 is 0 Å². The third kappa shape index (κ3) is 2.88. The Balaban J connectivity index is 1.68. The second-order valence-electron chi connectivity index (χ2n) is 8.30. The molecule has 2 fully saturated rings. The summed E-state index contributed by atoms with van der Waals surface area (Å²) in [5.41, 5.74) is -0.0994. The van der Waals surface area contributed by atoms with E-state index in [1.165, 1.54) is 18.2 Å². The van der Waals surface area contributed by atoms with Crippen molar-refractivity contribution in [2.75, 3.05) is 16.3 Å². The molecule has 0 bridgehead atoms. The van der Waals surface area contributed by atoms with Crippen LogP contribution in [0.4, 0.5) is 21.9 Å². The Kier molecular flexibility index (Phi) is 4.67. The molecule has 0 aromatic heterocycles. The van der Waals surface area contributed by atoms with Gasteiger partial charge in [0.15, 0.2) is 5.41 Å². The zero-order valence-electron chi connectivity index (χ0n) is 16.9. The summed E-state index contributed by atoms with van der Waals surface area (Å²) in [7, 11) is 0. The molecule has 0 saturated carbocycles. The van der Waals surface area contributed by atoms with Crippen molar-refractivity contribution in [3.05, 3.63) is 63.2 Å². The van der Waals surface area contributed by atoms with Crippen molar-refractivity contribution in [2.45, 2.75) is 31.7 Å². The fraction of sp³-hybridized carbons (Fsp3) is 0.318. The summed E-state index contributed by atoms with van der Waals surface area (Å²) < 4.78 is 0. The minimum Gasteiger partial charge on any atom is -0.367 e. The van der Waals surface area contributed by atoms with Crippen molar-refractivity contribution in [3.8, 4) is 0 Å². The molecule has 32 heavy (non-hydrogen) atoms. The molecule has 9 nitrogen and oxygen atoms in total. The maximum absolute atomic E-state index is 14.0. The number of amides is 4. The average molecular weight is 455 g/mol. The Bertz CT molecular complexity index is 1180. The first kappa shape index (κ1) is 20.4. The number of fused-ring (bicyclic) bond motifs is 4. The average Bonchev–Trinajstić information content (AvgIpc) is 2.77. The minimum absolute atomic E-state index is 0.0276. The van der Waals surface area contributed by atoms with Crippen LogP contribution in [0.15, 0.2) is 42.5 Å². The maximum atomic E-state index is 14.0. The first-order valence-corrected chi connectivity index (χ1v) is 10.7. The molecular formula is C22H19ClN4O5. The van der Waals surface area contributed by atoms with Gasteiger partial charge in [0.1, 0.15) is 0 Å². The van der Waals surface area contributed by atoms with E-state index in [1.807, 2.05) is 4.90 Å². The predicted octanol–water partition coefficient (Wildman–Crippen LogP) is 3.43. The Hall–Kier alpha value is -3.46. The number of barbiturate groups is 1. The monoisotopic (exact) mass is 454 g/mol. The van der Waals surface area contributed by atoms with Gasteiger partial charge >= 0.3 is 6.03 Å². The number of halogens is 1. The van der Waals surface area contributed by atoms with E-state index in [1.54, 1.807) is 24.3 Å². The second-order valence-corrected chi connectivity index (χ2v) is 8.74. The molecule has 10 heteroatoms. The van der Waals surface area contributed by atoms with Crippen LogP contribution >= 0.6 is 11.6 Å². The van der Waals surface area contributed by atoms with Crippen LogP contribution in [-0.4, -0.2) is 35.4 Å². The highest BCUT2D eigenvalue weighted by atomic mass is 35.5. The number of anilines is 2. The van der Waals surface area contributed by atoms with Gasteiger partial charge in [-0.1, -0.05) is 17.7 Å². The minimum atomic E-state index is -1.58. The van der Waals surface area contributed by atoms with Gasteiger partial charge in [-0.15, -0.1) is 0 Å². The molecule has 0 unspecified atom stereocenters. The summed E-state index contributed by atoms with van der Waals surface area (Å²) in [4.78, 5) is 53.9. The number of urea groups is 1. The predicted molar refractivity (Wildman–Crippen MR) is 117 cm³/mol. The zero-order chi connectivity index (χ0) is 22.6. The number of carbonyl (C=O) groups excluding carboxylic acids is 3. The van der Waals surface area contributed by atoms with Gasteiger partial charge in [-0.25, -0.2) is 9.69 Å². The number of carbonyl (C=O) groups is 3. The van der Waals surface area contributed by atoms with Gasteiger partial charge in [-0.3, -0.25) is 25.0 Å². The number of nitro benzene ring substituents is 1. The molecule has 2 aromatic carbocycles. The van der Waals surface area contributed by atoms with E-state index in [9.17, 15) is 24.5 Å². The van der Waals surface area contributed by atoms with Gasteiger partial charge in [0.05, 0.1) is 16.7 Å². The topological polar surface area (TPSA) is 113 Å². The van der Waals surface area contributed by atoms with Crippen LogP contribution in [0.5, 0.6) is 0 Å². The van der Waals surface area contributed by atoms with E-state index in [-0.39, 0.29) is 17.8 Å².